The molecule has 1 aromatic heterocycles. The normalized spacial score (nSPS) is 10.4. The number of aromatic nitrogens is 1. The minimum absolute atomic E-state index is 0.287. The summed E-state index contributed by atoms with van der Waals surface area (Å²) < 4.78 is 16.1. The number of nitrogens with zero attached hydrogens (tertiary/aromatic N) is 1. The Kier molecular flexibility index (Phi) is 5.92. The zero-order valence-electron chi connectivity index (χ0n) is 11.7. The molecule has 2 rings (SSSR count). The Morgan fingerprint density at radius 3 is 2.75 bits per heavy atom. The van der Waals surface area contributed by atoms with Crippen molar-refractivity contribution in [2.24, 2.45) is 0 Å². The van der Waals surface area contributed by atoms with Crippen LogP contribution in [0.3, 0.4) is 0 Å². The van der Waals surface area contributed by atoms with Crippen molar-refractivity contribution in [3.8, 4) is 11.8 Å². The fraction of sp³-hybridized carbons (Fsp3) is 0.400. The molecule has 0 saturated carbocycles. The fourth-order valence-electron chi connectivity index (χ4n) is 1.63. The number of benzene rings is 1. The summed E-state index contributed by atoms with van der Waals surface area (Å²) in [6.07, 6.45) is 2.99. The highest BCUT2D eigenvalue weighted by molar-refractivity contribution is 5.20. The van der Waals surface area contributed by atoms with Crippen LogP contribution in [0.4, 0.5) is 0 Å². The largest absolute Gasteiger partial charge is 0.490 e. The van der Waals surface area contributed by atoms with E-state index < -0.39 is 0 Å². The lowest BCUT2D eigenvalue weighted by Crippen LogP contribution is -2.14. The number of ether oxygens (including phenoxy) is 2. The van der Waals surface area contributed by atoms with Crippen LogP contribution in [-0.2, 0) is 6.54 Å². The summed E-state index contributed by atoms with van der Waals surface area (Å²) in [5.41, 5.74) is 0.845. The molecule has 0 unspecified atom stereocenters. The first-order valence-electron chi connectivity index (χ1n) is 6.84. The van der Waals surface area contributed by atoms with Gasteiger partial charge in [-0.25, -0.2) is 0 Å². The third-order valence-electron chi connectivity index (χ3n) is 2.58. The smallest absolute Gasteiger partial charge is 0.393 e. The van der Waals surface area contributed by atoms with Crippen molar-refractivity contribution in [1.82, 2.24) is 10.3 Å². The molecule has 1 heterocycles. The minimum atomic E-state index is 0.287. The van der Waals surface area contributed by atoms with Gasteiger partial charge in [-0.05, 0) is 25.1 Å². The SMILES string of the molecule is CCCNCc1coc(OCCOc2ccccc2)n1. The molecule has 0 radical (unpaired) electrons. The summed E-state index contributed by atoms with van der Waals surface area (Å²) >= 11 is 0. The highest BCUT2D eigenvalue weighted by Crippen LogP contribution is 2.11. The summed E-state index contributed by atoms with van der Waals surface area (Å²) in [6, 6.07) is 9.62. The van der Waals surface area contributed by atoms with Gasteiger partial charge in [-0.3, -0.25) is 0 Å². The molecule has 0 fully saturated rings. The van der Waals surface area contributed by atoms with Gasteiger partial charge >= 0.3 is 6.08 Å². The van der Waals surface area contributed by atoms with E-state index in [1.54, 1.807) is 6.26 Å². The van der Waals surface area contributed by atoms with E-state index in [-0.39, 0.29) is 6.08 Å². The molecule has 0 aliphatic rings. The van der Waals surface area contributed by atoms with Gasteiger partial charge in [0.15, 0.2) is 0 Å². The van der Waals surface area contributed by atoms with E-state index in [0.717, 1.165) is 24.4 Å². The Labute approximate surface area is 118 Å². The molecule has 1 N–H and O–H groups in total. The van der Waals surface area contributed by atoms with Crippen molar-refractivity contribution in [1.29, 1.82) is 0 Å². The van der Waals surface area contributed by atoms with E-state index in [4.69, 9.17) is 13.9 Å². The maximum Gasteiger partial charge on any atom is 0.393 e. The third-order valence-corrected chi connectivity index (χ3v) is 2.58. The summed E-state index contributed by atoms with van der Waals surface area (Å²) in [6.45, 7) is 4.64. The Morgan fingerprint density at radius 2 is 1.95 bits per heavy atom. The number of nitrogens with one attached hydrogen (secondary N) is 1. The lowest BCUT2D eigenvalue weighted by atomic mass is 10.3. The first kappa shape index (κ1) is 14.4. The third kappa shape index (κ3) is 4.93. The molecule has 0 spiro atoms. The van der Waals surface area contributed by atoms with Crippen molar-refractivity contribution in [2.75, 3.05) is 19.8 Å². The maximum absolute atomic E-state index is 5.51. The van der Waals surface area contributed by atoms with Gasteiger partial charge in [0.2, 0.25) is 0 Å². The van der Waals surface area contributed by atoms with Crippen LogP contribution in [-0.4, -0.2) is 24.7 Å². The van der Waals surface area contributed by atoms with Crippen LogP contribution in [0.5, 0.6) is 11.8 Å². The Balaban J connectivity index is 1.64. The molecular formula is C15H20N2O3. The van der Waals surface area contributed by atoms with Gasteiger partial charge in [-0.15, -0.1) is 0 Å². The summed E-state index contributed by atoms with van der Waals surface area (Å²) in [7, 11) is 0. The Morgan fingerprint density at radius 1 is 1.15 bits per heavy atom. The molecule has 5 nitrogen and oxygen atoms in total. The standard InChI is InChI=1S/C15H20N2O3/c1-2-8-16-11-13-12-20-15(17-13)19-10-9-18-14-6-4-3-5-7-14/h3-7,12,16H,2,8-11H2,1H3. The Hall–Kier alpha value is -2.01. The number of hydrogen-bond donors (Lipinski definition) is 1. The van der Waals surface area contributed by atoms with E-state index in [1.165, 1.54) is 0 Å². The van der Waals surface area contributed by atoms with Crippen LogP contribution in [0.2, 0.25) is 0 Å². The fourth-order valence-corrected chi connectivity index (χ4v) is 1.63. The molecule has 5 heteroatoms. The average molecular weight is 276 g/mol. The first-order valence-corrected chi connectivity index (χ1v) is 6.84. The minimum Gasteiger partial charge on any atom is -0.490 e. The maximum atomic E-state index is 5.51. The quantitative estimate of drug-likeness (QED) is 0.713. The first-order chi connectivity index (χ1) is 9.88. The monoisotopic (exact) mass is 276 g/mol. The van der Waals surface area contributed by atoms with E-state index >= 15 is 0 Å². The molecule has 2 aromatic rings. The average Bonchev–Trinajstić information content (AvgIpc) is 2.93. The molecule has 0 atom stereocenters. The highest BCUT2D eigenvalue weighted by Gasteiger charge is 2.04. The molecule has 0 bridgehead atoms. The summed E-state index contributed by atoms with van der Waals surface area (Å²) in [5.74, 6) is 0.827. The molecule has 1 aromatic carbocycles. The van der Waals surface area contributed by atoms with Crippen molar-refractivity contribution in [3.63, 3.8) is 0 Å². The van der Waals surface area contributed by atoms with Crippen LogP contribution in [0.1, 0.15) is 19.0 Å². The lowest BCUT2D eigenvalue weighted by molar-refractivity contribution is 0.176. The van der Waals surface area contributed by atoms with E-state index in [1.807, 2.05) is 30.3 Å². The van der Waals surface area contributed by atoms with Crippen LogP contribution >= 0.6 is 0 Å². The molecule has 108 valence electrons. The van der Waals surface area contributed by atoms with Crippen molar-refractivity contribution in [3.05, 3.63) is 42.3 Å². The van der Waals surface area contributed by atoms with E-state index in [9.17, 15) is 0 Å². The van der Waals surface area contributed by atoms with Gasteiger partial charge in [0.05, 0.1) is 5.69 Å². The second-order valence-electron chi connectivity index (χ2n) is 4.29. The number of oxazole rings is 1. The van der Waals surface area contributed by atoms with Gasteiger partial charge < -0.3 is 19.2 Å². The Bertz CT molecular complexity index is 485. The molecular weight excluding hydrogens is 256 g/mol. The number of hydrogen-bond acceptors (Lipinski definition) is 5. The lowest BCUT2D eigenvalue weighted by Gasteiger charge is -2.05. The van der Waals surface area contributed by atoms with Gasteiger partial charge in [-0.2, -0.15) is 4.98 Å². The van der Waals surface area contributed by atoms with E-state index in [2.05, 4.69) is 17.2 Å². The number of rotatable bonds is 9. The zero-order chi connectivity index (χ0) is 14.0. The summed E-state index contributed by atoms with van der Waals surface area (Å²) in [5, 5.41) is 3.25. The predicted molar refractivity (Wildman–Crippen MR) is 75.9 cm³/mol. The van der Waals surface area contributed by atoms with Gasteiger partial charge in [0, 0.05) is 6.54 Å². The zero-order valence-corrected chi connectivity index (χ0v) is 11.7. The second kappa shape index (κ2) is 8.22. The topological polar surface area (TPSA) is 56.5 Å². The molecule has 0 amide bonds. The van der Waals surface area contributed by atoms with E-state index in [0.29, 0.717) is 19.8 Å². The summed E-state index contributed by atoms with van der Waals surface area (Å²) in [4.78, 5) is 4.22. The van der Waals surface area contributed by atoms with Crippen molar-refractivity contribution >= 4 is 0 Å². The van der Waals surface area contributed by atoms with Gasteiger partial charge in [-0.1, -0.05) is 25.1 Å². The van der Waals surface area contributed by atoms with Crippen LogP contribution in [0, 0.1) is 0 Å². The van der Waals surface area contributed by atoms with Crippen LogP contribution in [0.15, 0.2) is 41.0 Å². The highest BCUT2D eigenvalue weighted by atomic mass is 16.6. The molecule has 0 saturated heterocycles. The van der Waals surface area contributed by atoms with Crippen molar-refractivity contribution < 1.29 is 13.9 Å². The number of para-hydroxylation sites is 1. The van der Waals surface area contributed by atoms with Gasteiger partial charge in [0.25, 0.3) is 0 Å². The predicted octanol–water partition coefficient (Wildman–Crippen LogP) is 2.63. The molecule has 20 heavy (non-hydrogen) atoms. The van der Waals surface area contributed by atoms with Crippen LogP contribution < -0.4 is 14.8 Å². The molecule has 0 aliphatic heterocycles. The molecule has 0 aliphatic carbocycles. The second-order valence-corrected chi connectivity index (χ2v) is 4.29. The van der Waals surface area contributed by atoms with Gasteiger partial charge in [0.1, 0.15) is 25.2 Å². The van der Waals surface area contributed by atoms with Crippen molar-refractivity contribution in [2.45, 2.75) is 19.9 Å². The van der Waals surface area contributed by atoms with Crippen LogP contribution in [0.25, 0.3) is 0 Å².